The van der Waals surface area contributed by atoms with Gasteiger partial charge >= 0.3 is 6.18 Å². The Kier molecular flexibility index (Phi) is 6.89. The summed E-state index contributed by atoms with van der Waals surface area (Å²) in [6, 6.07) is 8.86. The fourth-order valence-electron chi connectivity index (χ4n) is 4.23. The van der Waals surface area contributed by atoms with E-state index in [-0.39, 0.29) is 17.4 Å². The maximum absolute atomic E-state index is 13.8. The van der Waals surface area contributed by atoms with Crippen molar-refractivity contribution < 1.29 is 18.0 Å². The molecule has 0 saturated carbocycles. The van der Waals surface area contributed by atoms with Crippen LogP contribution in [0, 0.1) is 0 Å². The zero-order valence-corrected chi connectivity index (χ0v) is 20.5. The summed E-state index contributed by atoms with van der Waals surface area (Å²) in [6.45, 7) is 1.38. The fraction of sp³-hybridized carbons (Fsp3) is 0.333. The monoisotopic (exact) mass is 508 g/mol. The van der Waals surface area contributed by atoms with Crippen LogP contribution in [0.3, 0.4) is 0 Å². The van der Waals surface area contributed by atoms with E-state index in [9.17, 15) is 18.0 Å². The molecule has 3 heterocycles. The first-order chi connectivity index (χ1) is 16.0. The Balaban J connectivity index is 1.78. The highest BCUT2D eigenvalue weighted by Crippen LogP contribution is 2.44. The normalized spacial score (nSPS) is 16.5. The number of alkyl halides is 3. The van der Waals surface area contributed by atoms with Crippen LogP contribution in [-0.2, 0) is 24.6 Å². The first-order valence-corrected chi connectivity index (χ1v) is 11.8. The smallest absolute Gasteiger partial charge is 0.333 e. The zero-order chi connectivity index (χ0) is 24.6. The molecule has 0 unspecified atom stereocenters. The minimum absolute atomic E-state index is 0.0165. The molecule has 5 nitrogen and oxygen atoms in total. The van der Waals surface area contributed by atoms with Gasteiger partial charge < -0.3 is 9.80 Å². The van der Waals surface area contributed by atoms with Crippen molar-refractivity contribution in [3.05, 3.63) is 74.7 Å². The second-order valence-electron chi connectivity index (χ2n) is 8.52. The quantitative estimate of drug-likeness (QED) is 0.433. The van der Waals surface area contributed by atoms with Crippen molar-refractivity contribution in [1.82, 2.24) is 19.6 Å². The molecule has 34 heavy (non-hydrogen) atoms. The molecular weight excluding hydrogens is 485 g/mol. The number of carbonyl (C=O) groups excluding carboxylic acids is 1. The molecule has 0 saturated heterocycles. The molecule has 0 radical (unpaired) electrons. The molecular formula is C24H24ClF3N4OS. The molecule has 0 aliphatic carbocycles. The highest BCUT2D eigenvalue weighted by Gasteiger charge is 2.39. The molecule has 0 bridgehead atoms. The molecule has 1 amide bonds. The molecule has 180 valence electrons. The van der Waals surface area contributed by atoms with Crippen LogP contribution < -0.4 is 0 Å². The number of hydrogen-bond acceptors (Lipinski definition) is 4. The fourth-order valence-corrected chi connectivity index (χ4v) is 5.59. The van der Waals surface area contributed by atoms with Crippen molar-refractivity contribution in [2.75, 3.05) is 27.2 Å². The Hall–Kier alpha value is -2.62. The molecule has 10 heteroatoms. The zero-order valence-electron chi connectivity index (χ0n) is 18.9. The molecule has 0 N–H and O–H groups in total. The summed E-state index contributed by atoms with van der Waals surface area (Å²) in [6.07, 6.45) is 0.144. The van der Waals surface area contributed by atoms with E-state index >= 15 is 0 Å². The molecule has 1 aliphatic heterocycles. The van der Waals surface area contributed by atoms with Crippen molar-refractivity contribution in [3.8, 4) is 11.1 Å². The number of amides is 1. The van der Waals surface area contributed by atoms with Gasteiger partial charge in [-0.1, -0.05) is 41.9 Å². The number of likely N-dealkylation sites (N-methyl/N-ethyl adjacent to an activating group) is 1. The topological polar surface area (TPSA) is 41.4 Å². The Bertz CT molecular complexity index is 1230. The van der Waals surface area contributed by atoms with Crippen LogP contribution in [0.2, 0.25) is 4.34 Å². The van der Waals surface area contributed by atoms with E-state index in [0.717, 1.165) is 10.4 Å². The average Bonchev–Trinajstić information content (AvgIpc) is 3.34. The van der Waals surface area contributed by atoms with Gasteiger partial charge in [0, 0.05) is 48.8 Å². The number of rotatable bonds is 5. The van der Waals surface area contributed by atoms with Crippen molar-refractivity contribution in [3.63, 3.8) is 0 Å². The molecule has 2 aromatic heterocycles. The van der Waals surface area contributed by atoms with E-state index in [0.29, 0.717) is 35.1 Å². The van der Waals surface area contributed by atoms with E-state index in [2.05, 4.69) is 5.10 Å². The summed E-state index contributed by atoms with van der Waals surface area (Å²) in [5, 5.41) is 3.68. The lowest BCUT2D eigenvalue weighted by atomic mass is 9.84. The average molecular weight is 509 g/mol. The summed E-state index contributed by atoms with van der Waals surface area (Å²) < 4.78 is 43.0. The molecule has 0 spiro atoms. The molecule has 1 aliphatic rings. The lowest BCUT2D eigenvalue weighted by Gasteiger charge is -2.33. The van der Waals surface area contributed by atoms with Crippen LogP contribution in [0.5, 0.6) is 0 Å². The predicted octanol–water partition coefficient (Wildman–Crippen LogP) is 5.41. The summed E-state index contributed by atoms with van der Waals surface area (Å²) in [4.78, 5) is 17.6. The number of nitrogens with zero attached hydrogens (tertiary/aromatic N) is 4. The van der Waals surface area contributed by atoms with Crippen molar-refractivity contribution in [2.24, 2.45) is 7.05 Å². The summed E-state index contributed by atoms with van der Waals surface area (Å²) in [7, 11) is 5.30. The summed E-state index contributed by atoms with van der Waals surface area (Å²) in [5.41, 5.74) is 1.18. The van der Waals surface area contributed by atoms with Gasteiger partial charge in [0.2, 0.25) is 5.91 Å². The number of halogens is 4. The van der Waals surface area contributed by atoms with Gasteiger partial charge in [0.05, 0.1) is 10.9 Å². The third-order valence-corrected chi connectivity index (χ3v) is 6.96. The third-order valence-electron chi connectivity index (χ3n) is 5.69. The maximum atomic E-state index is 13.8. The van der Waals surface area contributed by atoms with Gasteiger partial charge in [-0.25, -0.2) is 0 Å². The summed E-state index contributed by atoms with van der Waals surface area (Å²) >= 11 is 7.72. The Morgan fingerprint density at radius 3 is 2.71 bits per heavy atom. The Morgan fingerprint density at radius 2 is 2.00 bits per heavy atom. The number of aryl methyl sites for hydroxylation is 1. The molecule has 1 atom stereocenters. The Morgan fingerprint density at radius 1 is 1.26 bits per heavy atom. The second-order valence-corrected chi connectivity index (χ2v) is 10.3. The minimum atomic E-state index is -4.59. The lowest BCUT2D eigenvalue weighted by Crippen LogP contribution is -2.37. The van der Waals surface area contributed by atoms with E-state index in [1.54, 1.807) is 35.3 Å². The number of fused-ring (bicyclic) bond motifs is 1. The number of benzene rings is 1. The van der Waals surface area contributed by atoms with Crippen molar-refractivity contribution in [2.45, 2.75) is 18.6 Å². The van der Waals surface area contributed by atoms with Crippen LogP contribution in [-0.4, -0.2) is 52.7 Å². The number of thiophene rings is 1. The first kappa shape index (κ1) is 24.5. The van der Waals surface area contributed by atoms with Gasteiger partial charge in [-0.3, -0.25) is 9.48 Å². The van der Waals surface area contributed by atoms with Crippen molar-refractivity contribution in [1.29, 1.82) is 0 Å². The van der Waals surface area contributed by atoms with Gasteiger partial charge in [-0.2, -0.15) is 18.3 Å². The van der Waals surface area contributed by atoms with Crippen LogP contribution in [0.15, 0.2) is 48.7 Å². The van der Waals surface area contributed by atoms with Crippen LogP contribution in [0.25, 0.3) is 11.1 Å². The Labute approximate surface area is 205 Å². The molecule has 3 aromatic rings. The van der Waals surface area contributed by atoms with Gasteiger partial charge in [0.25, 0.3) is 0 Å². The van der Waals surface area contributed by atoms with Crippen LogP contribution >= 0.6 is 22.9 Å². The van der Waals surface area contributed by atoms with E-state index in [1.165, 1.54) is 29.3 Å². The van der Waals surface area contributed by atoms with E-state index < -0.39 is 11.9 Å². The van der Waals surface area contributed by atoms with Gasteiger partial charge in [0.15, 0.2) is 5.69 Å². The lowest BCUT2D eigenvalue weighted by molar-refractivity contribution is -0.141. The molecule has 0 fully saturated rings. The standard InChI is InChI=1S/C24H24ClF3N4OS/c1-30(2)10-6-9-22(33)32-13-18(17-11-21(25)34-20(17)14-32)15-7-4-5-8-16(15)19-12-31(3)29-23(19)24(26,27)28/h4-9,11-12,18H,10,13-14H2,1-3H3/b9-6+/t18-/m0/s1. The van der Waals surface area contributed by atoms with Crippen LogP contribution in [0.4, 0.5) is 13.2 Å². The number of aromatic nitrogens is 2. The summed E-state index contributed by atoms with van der Waals surface area (Å²) in [5.74, 6) is -0.465. The second kappa shape index (κ2) is 9.56. The van der Waals surface area contributed by atoms with E-state index in [4.69, 9.17) is 11.6 Å². The number of carbonyl (C=O) groups is 1. The maximum Gasteiger partial charge on any atom is 0.435 e. The third kappa shape index (κ3) is 5.06. The molecule has 4 rings (SSSR count). The van der Waals surface area contributed by atoms with Gasteiger partial charge in [0.1, 0.15) is 0 Å². The highest BCUT2D eigenvalue weighted by atomic mass is 35.5. The highest BCUT2D eigenvalue weighted by molar-refractivity contribution is 7.16. The SMILES string of the molecule is CN(C)C/C=C/C(=O)N1Cc2sc(Cl)cc2[C@H](c2ccccc2-c2cn(C)nc2C(F)(F)F)C1. The van der Waals surface area contributed by atoms with Crippen molar-refractivity contribution >= 4 is 28.8 Å². The van der Waals surface area contributed by atoms with Crippen LogP contribution in [0.1, 0.15) is 27.6 Å². The first-order valence-electron chi connectivity index (χ1n) is 10.6. The van der Waals surface area contributed by atoms with Gasteiger partial charge in [-0.15, -0.1) is 11.3 Å². The number of hydrogen-bond donors (Lipinski definition) is 0. The van der Waals surface area contributed by atoms with Gasteiger partial charge in [-0.05, 0) is 36.9 Å². The predicted molar refractivity (Wildman–Crippen MR) is 128 cm³/mol. The molecule has 1 aromatic carbocycles. The minimum Gasteiger partial charge on any atom is -0.333 e. The largest absolute Gasteiger partial charge is 0.435 e. The van der Waals surface area contributed by atoms with E-state index in [1.807, 2.05) is 31.1 Å².